The fraction of sp³-hybridized carbons (Fsp3) is 0.474. The van der Waals surface area contributed by atoms with Gasteiger partial charge < -0.3 is 15.4 Å². The molecule has 1 unspecified atom stereocenters. The molecule has 142 valence electrons. The number of nitrogens with one attached hydrogen (secondary N) is 2. The highest BCUT2D eigenvalue weighted by molar-refractivity contribution is 14.0. The average Bonchev–Trinajstić information content (AvgIpc) is 3.32. The summed E-state index contributed by atoms with van der Waals surface area (Å²) >= 11 is 0. The molecule has 2 heterocycles. The summed E-state index contributed by atoms with van der Waals surface area (Å²) in [6, 6.07) is 10.2. The van der Waals surface area contributed by atoms with E-state index in [0.29, 0.717) is 0 Å². The van der Waals surface area contributed by atoms with Crippen LogP contribution in [0.1, 0.15) is 25.3 Å². The summed E-state index contributed by atoms with van der Waals surface area (Å²) in [6.45, 7) is 5.34. The van der Waals surface area contributed by atoms with E-state index in [0.717, 1.165) is 57.2 Å². The molecule has 26 heavy (non-hydrogen) atoms. The fourth-order valence-electron chi connectivity index (χ4n) is 2.86. The molecule has 0 aliphatic carbocycles. The topological polar surface area (TPSA) is 63.5 Å². The highest BCUT2D eigenvalue weighted by atomic mass is 127. The quantitative estimate of drug-likeness (QED) is 0.372. The van der Waals surface area contributed by atoms with E-state index in [-0.39, 0.29) is 30.1 Å². The van der Waals surface area contributed by atoms with Crippen molar-refractivity contribution in [2.24, 2.45) is 4.99 Å². The van der Waals surface area contributed by atoms with Gasteiger partial charge in [-0.15, -0.1) is 24.0 Å². The van der Waals surface area contributed by atoms with Crippen LogP contribution < -0.4 is 10.6 Å². The molecule has 1 saturated heterocycles. The Morgan fingerprint density at radius 2 is 2.15 bits per heavy atom. The van der Waals surface area contributed by atoms with E-state index in [1.807, 2.05) is 29.1 Å². The van der Waals surface area contributed by atoms with Crippen molar-refractivity contribution in [1.29, 1.82) is 0 Å². The molecule has 1 fully saturated rings. The fourth-order valence-corrected chi connectivity index (χ4v) is 2.86. The number of halogens is 1. The van der Waals surface area contributed by atoms with Crippen LogP contribution in [0.2, 0.25) is 0 Å². The summed E-state index contributed by atoms with van der Waals surface area (Å²) in [4.78, 5) is 4.63. The first-order valence-electron chi connectivity index (χ1n) is 9.08. The van der Waals surface area contributed by atoms with Crippen molar-refractivity contribution in [2.75, 3.05) is 26.2 Å². The summed E-state index contributed by atoms with van der Waals surface area (Å²) in [7, 11) is 0. The Labute approximate surface area is 172 Å². The van der Waals surface area contributed by atoms with E-state index < -0.39 is 0 Å². The summed E-state index contributed by atoms with van der Waals surface area (Å²) in [6.07, 6.45) is 7.44. The molecule has 6 nitrogen and oxygen atoms in total. The van der Waals surface area contributed by atoms with Crippen LogP contribution in [0.25, 0.3) is 5.69 Å². The van der Waals surface area contributed by atoms with E-state index in [4.69, 9.17) is 4.74 Å². The molecule has 0 spiro atoms. The van der Waals surface area contributed by atoms with Gasteiger partial charge in [0.15, 0.2) is 5.96 Å². The molecule has 0 amide bonds. The average molecular weight is 469 g/mol. The van der Waals surface area contributed by atoms with Gasteiger partial charge in [-0.25, -0.2) is 4.68 Å². The van der Waals surface area contributed by atoms with Crippen LogP contribution in [-0.2, 0) is 11.2 Å². The third-order valence-corrected chi connectivity index (χ3v) is 4.18. The Hall–Kier alpha value is -1.61. The molecule has 2 aromatic rings. The van der Waals surface area contributed by atoms with Gasteiger partial charge in [-0.3, -0.25) is 4.99 Å². The molecular formula is C19H28IN5O. The molecule has 0 radical (unpaired) electrons. The molecule has 3 rings (SSSR count). The minimum absolute atomic E-state index is 0. The van der Waals surface area contributed by atoms with Gasteiger partial charge in [-0.2, -0.15) is 5.10 Å². The van der Waals surface area contributed by atoms with Crippen molar-refractivity contribution in [3.63, 3.8) is 0 Å². The summed E-state index contributed by atoms with van der Waals surface area (Å²) in [5.41, 5.74) is 2.28. The molecule has 0 saturated carbocycles. The van der Waals surface area contributed by atoms with Gasteiger partial charge in [-0.05, 0) is 43.9 Å². The van der Waals surface area contributed by atoms with Crippen molar-refractivity contribution in [3.05, 3.63) is 48.3 Å². The van der Waals surface area contributed by atoms with E-state index in [1.165, 1.54) is 5.56 Å². The van der Waals surface area contributed by atoms with Crippen molar-refractivity contribution >= 4 is 29.9 Å². The first-order valence-corrected chi connectivity index (χ1v) is 9.08. The van der Waals surface area contributed by atoms with E-state index in [1.54, 1.807) is 0 Å². The Morgan fingerprint density at radius 3 is 2.88 bits per heavy atom. The van der Waals surface area contributed by atoms with Gasteiger partial charge >= 0.3 is 0 Å². The highest BCUT2D eigenvalue weighted by Crippen LogP contribution is 2.11. The number of rotatable bonds is 7. The molecule has 1 atom stereocenters. The maximum atomic E-state index is 5.63. The van der Waals surface area contributed by atoms with Gasteiger partial charge in [0, 0.05) is 25.9 Å². The minimum atomic E-state index is 0. The van der Waals surface area contributed by atoms with Crippen molar-refractivity contribution in [3.8, 4) is 5.69 Å². The number of guanidine groups is 1. The van der Waals surface area contributed by atoms with Crippen LogP contribution in [0, 0.1) is 0 Å². The third-order valence-electron chi connectivity index (χ3n) is 4.18. The number of aliphatic imine (C=N–C) groups is 1. The zero-order valence-electron chi connectivity index (χ0n) is 15.2. The molecule has 1 aromatic heterocycles. The SMILES string of the molecule is CCNC(=NCC1CCCO1)NCCc1cnn(-c2ccccc2)c1.I. The molecule has 1 aliphatic rings. The second-order valence-electron chi connectivity index (χ2n) is 6.16. The van der Waals surface area contributed by atoms with Crippen LogP contribution in [0.3, 0.4) is 0 Å². The van der Waals surface area contributed by atoms with E-state index >= 15 is 0 Å². The summed E-state index contributed by atoms with van der Waals surface area (Å²) in [5.74, 6) is 0.855. The summed E-state index contributed by atoms with van der Waals surface area (Å²) < 4.78 is 7.54. The second-order valence-corrected chi connectivity index (χ2v) is 6.16. The number of nitrogens with zero attached hydrogens (tertiary/aromatic N) is 3. The molecular weight excluding hydrogens is 441 g/mol. The van der Waals surface area contributed by atoms with Crippen molar-refractivity contribution in [2.45, 2.75) is 32.3 Å². The lowest BCUT2D eigenvalue weighted by Gasteiger charge is -2.12. The lowest BCUT2D eigenvalue weighted by atomic mass is 10.2. The van der Waals surface area contributed by atoms with E-state index in [2.05, 4.69) is 46.0 Å². The molecule has 2 N–H and O–H groups in total. The standard InChI is InChI=1S/C19H27N5O.HI/c1-2-20-19(22-14-18-9-6-12-25-18)21-11-10-16-13-23-24(15-16)17-7-4-3-5-8-17;/h3-5,7-8,13,15,18H,2,6,9-12,14H2,1H3,(H2,20,21,22);1H. The molecule has 7 heteroatoms. The Balaban J connectivity index is 0.00000243. The van der Waals surface area contributed by atoms with Crippen molar-refractivity contribution in [1.82, 2.24) is 20.4 Å². The smallest absolute Gasteiger partial charge is 0.191 e. The van der Waals surface area contributed by atoms with Gasteiger partial charge in [0.25, 0.3) is 0 Å². The van der Waals surface area contributed by atoms with Crippen LogP contribution >= 0.6 is 24.0 Å². The van der Waals surface area contributed by atoms with Gasteiger partial charge in [0.1, 0.15) is 0 Å². The Morgan fingerprint density at radius 1 is 1.31 bits per heavy atom. The minimum Gasteiger partial charge on any atom is -0.376 e. The maximum Gasteiger partial charge on any atom is 0.191 e. The lowest BCUT2D eigenvalue weighted by molar-refractivity contribution is 0.117. The van der Waals surface area contributed by atoms with Gasteiger partial charge in [0.05, 0.1) is 24.5 Å². The number of ether oxygens (including phenoxy) is 1. The van der Waals surface area contributed by atoms with Crippen LogP contribution in [0.4, 0.5) is 0 Å². The van der Waals surface area contributed by atoms with Gasteiger partial charge in [0.2, 0.25) is 0 Å². The molecule has 0 bridgehead atoms. The highest BCUT2D eigenvalue weighted by Gasteiger charge is 2.14. The first kappa shape index (κ1) is 20.7. The Bertz CT molecular complexity index is 668. The van der Waals surface area contributed by atoms with Gasteiger partial charge in [-0.1, -0.05) is 18.2 Å². The second kappa shape index (κ2) is 11.2. The van der Waals surface area contributed by atoms with Crippen LogP contribution in [-0.4, -0.2) is 48.1 Å². The van der Waals surface area contributed by atoms with Crippen molar-refractivity contribution < 1.29 is 4.74 Å². The molecule has 1 aliphatic heterocycles. The zero-order valence-corrected chi connectivity index (χ0v) is 17.6. The Kier molecular flexibility index (Phi) is 8.90. The largest absolute Gasteiger partial charge is 0.376 e. The number of benzene rings is 1. The maximum absolute atomic E-state index is 5.63. The number of aromatic nitrogens is 2. The predicted octanol–water partition coefficient (Wildman–Crippen LogP) is 2.77. The molecule has 1 aromatic carbocycles. The number of hydrogen-bond acceptors (Lipinski definition) is 3. The summed E-state index contributed by atoms with van der Waals surface area (Å²) in [5, 5.41) is 11.1. The lowest BCUT2D eigenvalue weighted by Crippen LogP contribution is -2.38. The predicted molar refractivity (Wildman–Crippen MR) is 116 cm³/mol. The monoisotopic (exact) mass is 469 g/mol. The number of hydrogen-bond donors (Lipinski definition) is 2. The zero-order chi connectivity index (χ0) is 17.3. The van der Waals surface area contributed by atoms with Crippen LogP contribution in [0.15, 0.2) is 47.7 Å². The first-order chi connectivity index (χ1) is 12.3. The third kappa shape index (κ3) is 6.28. The van der Waals surface area contributed by atoms with E-state index in [9.17, 15) is 0 Å². The normalized spacial score (nSPS) is 17.0. The number of para-hydroxylation sites is 1. The van der Waals surface area contributed by atoms with Crippen LogP contribution in [0.5, 0.6) is 0 Å².